The summed E-state index contributed by atoms with van der Waals surface area (Å²) in [6.07, 6.45) is -4.46. The molecule has 0 bridgehead atoms. The summed E-state index contributed by atoms with van der Waals surface area (Å²) in [5, 5.41) is 15.3. The molecule has 14 heteroatoms. The van der Waals surface area contributed by atoms with Crippen LogP contribution in [-0.4, -0.2) is 71.7 Å². The third kappa shape index (κ3) is 8.57. The molecule has 1 aliphatic heterocycles. The number of ether oxygens (including phenoxy) is 1. The molecule has 9 nitrogen and oxygen atoms in total. The van der Waals surface area contributed by atoms with Crippen molar-refractivity contribution in [2.45, 2.75) is 81.9 Å². The Labute approximate surface area is 267 Å². The fourth-order valence-corrected chi connectivity index (χ4v) is 6.54. The normalized spacial score (nSPS) is 15.8. The molecule has 1 aromatic heterocycles. The molecule has 0 aliphatic carbocycles. The van der Waals surface area contributed by atoms with Crippen LogP contribution in [0.5, 0.6) is 5.75 Å². The minimum absolute atomic E-state index is 0.109. The molecule has 3 aromatic rings. The molecule has 0 radical (unpaired) electrons. The minimum Gasteiger partial charge on any atom is -0.489 e. The van der Waals surface area contributed by atoms with Crippen LogP contribution in [-0.2, 0) is 9.84 Å². The van der Waals surface area contributed by atoms with Crippen LogP contribution in [0.3, 0.4) is 0 Å². The summed E-state index contributed by atoms with van der Waals surface area (Å²) >= 11 is 6.41. The number of aliphatic hydroxyl groups excluding tert-OH is 1. The molecule has 0 spiro atoms. The van der Waals surface area contributed by atoms with Gasteiger partial charge in [-0.3, -0.25) is 0 Å². The van der Waals surface area contributed by atoms with E-state index in [4.69, 9.17) is 16.3 Å². The first kappa shape index (κ1) is 34.7. The summed E-state index contributed by atoms with van der Waals surface area (Å²) in [5.74, 6) is 1.07. The SMILES string of the molecule is Cc1cc(Nc2ncc(Cl)c(Nc3ccccc3S(=O)(=O)C(C)C)n2)c(OC(C)C)cc1C1CCN(C[C@@H](O)C(F)(F)F)CC1. The number of alkyl halides is 3. The Balaban J connectivity index is 1.57. The number of halogens is 4. The van der Waals surface area contributed by atoms with Crippen LogP contribution in [0.1, 0.15) is 57.6 Å². The van der Waals surface area contributed by atoms with E-state index in [1.807, 2.05) is 32.9 Å². The lowest BCUT2D eigenvalue weighted by atomic mass is 9.86. The van der Waals surface area contributed by atoms with Gasteiger partial charge in [0.25, 0.3) is 0 Å². The number of hydrogen-bond acceptors (Lipinski definition) is 9. The third-order valence-electron chi connectivity index (χ3n) is 7.63. The largest absolute Gasteiger partial charge is 0.489 e. The third-order valence-corrected chi connectivity index (χ3v) is 10.1. The van der Waals surface area contributed by atoms with Gasteiger partial charge in [0.2, 0.25) is 5.95 Å². The summed E-state index contributed by atoms with van der Waals surface area (Å²) in [4.78, 5) is 10.6. The predicted molar refractivity (Wildman–Crippen MR) is 170 cm³/mol. The number of β-amino-alcohol motifs (C(OH)–C–C–N with tert-alkyl or cyclic N) is 1. The number of rotatable bonds is 11. The van der Waals surface area contributed by atoms with Crippen molar-refractivity contribution in [3.8, 4) is 5.75 Å². The number of anilines is 4. The number of aliphatic hydroxyl groups is 1. The second kappa shape index (κ2) is 14.1. The van der Waals surface area contributed by atoms with Gasteiger partial charge >= 0.3 is 6.18 Å². The minimum atomic E-state index is -4.64. The van der Waals surface area contributed by atoms with Gasteiger partial charge in [0.15, 0.2) is 21.8 Å². The van der Waals surface area contributed by atoms with E-state index in [2.05, 4.69) is 20.6 Å². The number of benzene rings is 2. The van der Waals surface area contributed by atoms with Crippen LogP contribution in [0.15, 0.2) is 47.5 Å². The van der Waals surface area contributed by atoms with Gasteiger partial charge in [-0.05, 0) is 102 Å². The van der Waals surface area contributed by atoms with E-state index >= 15 is 0 Å². The monoisotopic (exact) mass is 669 g/mol. The topological polar surface area (TPSA) is 117 Å². The second-order valence-electron chi connectivity index (χ2n) is 11.7. The molecule has 0 unspecified atom stereocenters. The zero-order valence-electron chi connectivity index (χ0n) is 25.8. The van der Waals surface area contributed by atoms with Crippen molar-refractivity contribution in [1.29, 1.82) is 0 Å². The van der Waals surface area contributed by atoms with E-state index in [0.29, 0.717) is 43.1 Å². The van der Waals surface area contributed by atoms with Crippen molar-refractivity contribution in [1.82, 2.24) is 14.9 Å². The van der Waals surface area contributed by atoms with E-state index in [1.54, 1.807) is 36.9 Å². The van der Waals surface area contributed by atoms with Gasteiger partial charge in [-0.25, -0.2) is 13.4 Å². The maximum atomic E-state index is 12.9. The molecule has 1 atom stereocenters. The van der Waals surface area contributed by atoms with Gasteiger partial charge < -0.3 is 25.4 Å². The summed E-state index contributed by atoms with van der Waals surface area (Å²) in [6.45, 7) is 9.43. The lowest BCUT2D eigenvalue weighted by Gasteiger charge is -2.34. The number of hydrogen-bond donors (Lipinski definition) is 3. The summed E-state index contributed by atoms with van der Waals surface area (Å²) in [6, 6.07) is 10.4. The van der Waals surface area contributed by atoms with Gasteiger partial charge in [0, 0.05) is 6.54 Å². The fourth-order valence-electron chi connectivity index (χ4n) is 5.20. The van der Waals surface area contributed by atoms with Crippen molar-refractivity contribution in [2.24, 2.45) is 0 Å². The Kier molecular flexibility index (Phi) is 10.9. The maximum absolute atomic E-state index is 12.9. The van der Waals surface area contributed by atoms with Crippen LogP contribution in [0.4, 0.5) is 36.3 Å². The number of sulfone groups is 1. The first-order valence-corrected chi connectivity index (χ1v) is 16.7. The molecule has 0 amide bonds. The Morgan fingerprint density at radius 2 is 1.76 bits per heavy atom. The Hall–Kier alpha value is -3.13. The lowest BCUT2D eigenvalue weighted by Crippen LogP contribution is -2.44. The number of para-hydroxylation sites is 1. The van der Waals surface area contributed by atoms with Crippen LogP contribution < -0.4 is 15.4 Å². The Morgan fingerprint density at radius 3 is 2.38 bits per heavy atom. The van der Waals surface area contributed by atoms with Crippen molar-refractivity contribution in [2.75, 3.05) is 30.3 Å². The van der Waals surface area contributed by atoms with Crippen molar-refractivity contribution < 1.29 is 31.4 Å². The van der Waals surface area contributed by atoms with Crippen LogP contribution in [0.25, 0.3) is 0 Å². The standard InChI is InChI=1S/C31H39ClF3N5O4S/c1-18(2)44-26-15-22(21-10-12-40(13-11-21)17-28(41)31(33,34)35)20(5)14-25(26)38-30-36-16-23(32)29(39-30)37-24-8-6-7-9-27(24)45(42,43)19(3)4/h6-9,14-16,18-19,21,28,41H,10-13,17H2,1-5H3,(H2,36,37,38,39)/t28-/m1/s1. The zero-order valence-corrected chi connectivity index (χ0v) is 27.4. The first-order valence-electron chi connectivity index (χ1n) is 14.7. The molecule has 1 saturated heterocycles. The zero-order chi connectivity index (χ0) is 33.1. The lowest BCUT2D eigenvalue weighted by molar-refractivity contribution is -0.208. The van der Waals surface area contributed by atoms with E-state index in [9.17, 15) is 26.7 Å². The molecular weight excluding hydrogens is 631 g/mol. The van der Waals surface area contributed by atoms with Gasteiger partial charge in [0.05, 0.1) is 33.8 Å². The smallest absolute Gasteiger partial charge is 0.415 e. The highest BCUT2D eigenvalue weighted by Gasteiger charge is 2.39. The Morgan fingerprint density at radius 1 is 1.09 bits per heavy atom. The molecule has 4 rings (SSSR count). The highest BCUT2D eigenvalue weighted by Crippen LogP contribution is 2.39. The van der Waals surface area contributed by atoms with E-state index in [1.165, 1.54) is 12.3 Å². The van der Waals surface area contributed by atoms with Gasteiger partial charge in [0.1, 0.15) is 10.8 Å². The number of aryl methyl sites for hydroxylation is 1. The van der Waals surface area contributed by atoms with Crippen LogP contribution in [0.2, 0.25) is 5.02 Å². The number of nitrogens with one attached hydrogen (secondary N) is 2. The van der Waals surface area contributed by atoms with Gasteiger partial charge in [-0.2, -0.15) is 18.2 Å². The Bertz CT molecular complexity index is 1600. The van der Waals surface area contributed by atoms with Crippen molar-refractivity contribution in [3.63, 3.8) is 0 Å². The first-order chi connectivity index (χ1) is 21.1. The number of likely N-dealkylation sites (tertiary alicyclic amines) is 1. The molecule has 1 aliphatic rings. The quantitative estimate of drug-likeness (QED) is 0.198. The van der Waals surface area contributed by atoms with Gasteiger partial charge in [-0.1, -0.05) is 23.7 Å². The molecule has 2 heterocycles. The van der Waals surface area contributed by atoms with Crippen molar-refractivity contribution in [3.05, 3.63) is 58.7 Å². The predicted octanol–water partition coefficient (Wildman–Crippen LogP) is 7.00. The van der Waals surface area contributed by atoms with E-state index in [0.717, 1.165) is 11.1 Å². The highest BCUT2D eigenvalue weighted by molar-refractivity contribution is 7.92. The molecule has 246 valence electrons. The average molecular weight is 670 g/mol. The summed E-state index contributed by atoms with van der Waals surface area (Å²) < 4.78 is 70.5. The fraction of sp³-hybridized carbons (Fsp3) is 0.484. The average Bonchev–Trinajstić information content (AvgIpc) is 2.96. The number of nitrogens with zero attached hydrogens (tertiary/aromatic N) is 3. The second-order valence-corrected chi connectivity index (χ2v) is 14.6. The van der Waals surface area contributed by atoms with Crippen molar-refractivity contribution >= 4 is 44.6 Å². The molecule has 2 aromatic carbocycles. The van der Waals surface area contributed by atoms with E-state index in [-0.39, 0.29) is 33.7 Å². The van der Waals surface area contributed by atoms with Gasteiger partial charge in [-0.15, -0.1) is 0 Å². The van der Waals surface area contributed by atoms with Crippen LogP contribution >= 0.6 is 11.6 Å². The highest BCUT2D eigenvalue weighted by atomic mass is 35.5. The maximum Gasteiger partial charge on any atom is 0.415 e. The summed E-state index contributed by atoms with van der Waals surface area (Å²) in [7, 11) is -3.59. The molecule has 0 saturated carbocycles. The molecule has 45 heavy (non-hydrogen) atoms. The number of aromatic nitrogens is 2. The molecular formula is C31H39ClF3N5O4S. The number of piperidine rings is 1. The molecule has 3 N–H and O–H groups in total. The van der Waals surface area contributed by atoms with E-state index < -0.39 is 33.9 Å². The van der Waals surface area contributed by atoms with Crippen LogP contribution in [0, 0.1) is 6.92 Å². The summed E-state index contributed by atoms with van der Waals surface area (Å²) in [5.41, 5.74) is 2.93. The molecule has 1 fully saturated rings.